The molecule has 1 heterocycles. The van der Waals surface area contributed by atoms with Crippen LogP contribution in [0.5, 0.6) is 0 Å². The van der Waals surface area contributed by atoms with Crippen LogP contribution in [0.15, 0.2) is 0 Å². The molecular weight excluding hydrogens is 202 g/mol. The lowest BCUT2D eigenvalue weighted by Crippen LogP contribution is -2.50. The predicted molar refractivity (Wildman–Crippen MR) is 64.7 cm³/mol. The van der Waals surface area contributed by atoms with Crippen LogP contribution < -0.4 is 5.73 Å². The van der Waals surface area contributed by atoms with Gasteiger partial charge in [-0.1, -0.05) is 5.92 Å². The lowest BCUT2D eigenvalue weighted by Gasteiger charge is -2.35. The lowest BCUT2D eigenvalue weighted by atomic mass is 10.0. The van der Waals surface area contributed by atoms with E-state index in [1.807, 2.05) is 18.7 Å². The second-order valence-corrected chi connectivity index (χ2v) is 5.03. The molecule has 0 spiro atoms. The normalized spacial score (nSPS) is 18.2. The number of amides is 1. The first-order valence-electron chi connectivity index (χ1n) is 5.65. The van der Waals surface area contributed by atoms with Crippen molar-refractivity contribution in [1.82, 2.24) is 9.80 Å². The molecule has 0 aromatic heterocycles. The summed E-state index contributed by atoms with van der Waals surface area (Å²) in [7, 11) is 0. The Kier molecular flexibility index (Phi) is 4.34. The minimum absolute atomic E-state index is 0.146. The number of hydrogen-bond donors (Lipinski definition) is 1. The molecule has 16 heavy (non-hydrogen) atoms. The SMILES string of the molecule is C#CCN1CCN(C(=O)CC(C)(C)N)CC1. The van der Waals surface area contributed by atoms with E-state index in [2.05, 4.69) is 10.8 Å². The van der Waals surface area contributed by atoms with Gasteiger partial charge in [-0.2, -0.15) is 0 Å². The van der Waals surface area contributed by atoms with Gasteiger partial charge in [-0.05, 0) is 13.8 Å². The molecule has 0 saturated carbocycles. The Bertz CT molecular complexity index is 280. The van der Waals surface area contributed by atoms with Crippen LogP contribution in [0, 0.1) is 12.3 Å². The highest BCUT2D eigenvalue weighted by atomic mass is 16.2. The molecule has 0 aromatic rings. The van der Waals surface area contributed by atoms with Crippen molar-refractivity contribution in [2.45, 2.75) is 25.8 Å². The summed E-state index contributed by atoms with van der Waals surface area (Å²) in [6.45, 7) is 7.67. The minimum Gasteiger partial charge on any atom is -0.340 e. The molecule has 0 aliphatic carbocycles. The maximum Gasteiger partial charge on any atom is 0.224 e. The number of nitrogens with two attached hydrogens (primary N) is 1. The van der Waals surface area contributed by atoms with Gasteiger partial charge in [-0.3, -0.25) is 9.69 Å². The zero-order valence-electron chi connectivity index (χ0n) is 10.2. The van der Waals surface area contributed by atoms with Crippen LogP contribution in [0.3, 0.4) is 0 Å². The van der Waals surface area contributed by atoms with Crippen molar-refractivity contribution >= 4 is 5.91 Å². The molecule has 0 radical (unpaired) electrons. The quantitative estimate of drug-likeness (QED) is 0.679. The third-order valence-corrected chi connectivity index (χ3v) is 2.65. The van der Waals surface area contributed by atoms with Crippen LogP contribution in [-0.4, -0.2) is 54.0 Å². The Labute approximate surface area is 97.8 Å². The average molecular weight is 223 g/mol. The molecule has 4 heteroatoms. The van der Waals surface area contributed by atoms with E-state index >= 15 is 0 Å². The maximum absolute atomic E-state index is 11.9. The molecule has 90 valence electrons. The highest BCUT2D eigenvalue weighted by molar-refractivity contribution is 5.77. The van der Waals surface area contributed by atoms with Crippen LogP contribution in [0.25, 0.3) is 0 Å². The van der Waals surface area contributed by atoms with Gasteiger partial charge in [0.15, 0.2) is 0 Å². The van der Waals surface area contributed by atoms with Crippen molar-refractivity contribution in [2.75, 3.05) is 32.7 Å². The number of carbonyl (C=O) groups is 1. The largest absolute Gasteiger partial charge is 0.340 e. The summed E-state index contributed by atoms with van der Waals surface area (Å²) in [5.41, 5.74) is 5.41. The van der Waals surface area contributed by atoms with Crippen molar-refractivity contribution in [3.8, 4) is 12.3 Å². The monoisotopic (exact) mass is 223 g/mol. The summed E-state index contributed by atoms with van der Waals surface area (Å²) in [6.07, 6.45) is 5.65. The van der Waals surface area contributed by atoms with Gasteiger partial charge >= 0.3 is 0 Å². The number of nitrogens with zero attached hydrogens (tertiary/aromatic N) is 2. The van der Waals surface area contributed by atoms with Gasteiger partial charge in [0.2, 0.25) is 5.91 Å². The van der Waals surface area contributed by atoms with E-state index in [9.17, 15) is 4.79 Å². The Balaban J connectivity index is 2.37. The molecule has 1 aliphatic heterocycles. The molecule has 1 saturated heterocycles. The zero-order valence-corrected chi connectivity index (χ0v) is 10.2. The van der Waals surface area contributed by atoms with Gasteiger partial charge in [-0.15, -0.1) is 6.42 Å². The highest BCUT2D eigenvalue weighted by Crippen LogP contribution is 2.09. The van der Waals surface area contributed by atoms with Crippen molar-refractivity contribution in [3.05, 3.63) is 0 Å². The Morgan fingerprint density at radius 1 is 1.38 bits per heavy atom. The van der Waals surface area contributed by atoms with Gasteiger partial charge < -0.3 is 10.6 Å². The summed E-state index contributed by atoms with van der Waals surface area (Å²) in [6, 6.07) is 0. The fraction of sp³-hybridized carbons (Fsp3) is 0.750. The molecule has 1 amide bonds. The van der Waals surface area contributed by atoms with E-state index < -0.39 is 5.54 Å². The van der Waals surface area contributed by atoms with Crippen LogP contribution in [0.4, 0.5) is 0 Å². The van der Waals surface area contributed by atoms with Crippen LogP contribution in [0.1, 0.15) is 20.3 Å². The molecule has 0 bridgehead atoms. The first-order chi connectivity index (χ1) is 7.42. The van der Waals surface area contributed by atoms with Gasteiger partial charge in [0, 0.05) is 38.1 Å². The first-order valence-corrected chi connectivity index (χ1v) is 5.65. The first kappa shape index (κ1) is 13.0. The van der Waals surface area contributed by atoms with Gasteiger partial charge in [0.25, 0.3) is 0 Å². The topological polar surface area (TPSA) is 49.6 Å². The summed E-state index contributed by atoms with van der Waals surface area (Å²) in [5, 5.41) is 0. The van der Waals surface area contributed by atoms with Crippen molar-refractivity contribution in [1.29, 1.82) is 0 Å². The Morgan fingerprint density at radius 3 is 2.38 bits per heavy atom. The standard InChI is InChI=1S/C12H21N3O/c1-4-5-14-6-8-15(9-7-14)11(16)10-12(2,3)13/h1H,5-10,13H2,2-3H3. The molecule has 1 rings (SSSR count). The molecule has 0 unspecified atom stereocenters. The predicted octanol–water partition coefficient (Wildman–Crippen LogP) is -0.109. The van der Waals surface area contributed by atoms with Crippen LogP contribution in [0.2, 0.25) is 0 Å². The van der Waals surface area contributed by atoms with Crippen molar-refractivity contribution in [2.24, 2.45) is 5.73 Å². The molecule has 1 fully saturated rings. The Morgan fingerprint density at radius 2 is 1.94 bits per heavy atom. The number of terminal acetylenes is 1. The highest BCUT2D eigenvalue weighted by Gasteiger charge is 2.24. The summed E-state index contributed by atoms with van der Waals surface area (Å²) in [5.74, 6) is 2.77. The fourth-order valence-corrected chi connectivity index (χ4v) is 1.79. The molecule has 0 aromatic carbocycles. The Hall–Kier alpha value is -1.05. The number of rotatable bonds is 3. The second kappa shape index (κ2) is 5.33. The van der Waals surface area contributed by atoms with E-state index in [0.29, 0.717) is 13.0 Å². The van der Waals surface area contributed by atoms with E-state index in [-0.39, 0.29) is 5.91 Å². The van der Waals surface area contributed by atoms with E-state index in [0.717, 1.165) is 26.2 Å². The third-order valence-electron chi connectivity index (χ3n) is 2.65. The van der Waals surface area contributed by atoms with E-state index in [1.54, 1.807) is 0 Å². The minimum atomic E-state index is -0.424. The zero-order chi connectivity index (χ0) is 12.2. The van der Waals surface area contributed by atoms with Gasteiger partial charge in [0.1, 0.15) is 0 Å². The molecule has 4 nitrogen and oxygen atoms in total. The van der Waals surface area contributed by atoms with Gasteiger partial charge in [-0.25, -0.2) is 0 Å². The van der Waals surface area contributed by atoms with Crippen LogP contribution >= 0.6 is 0 Å². The van der Waals surface area contributed by atoms with Crippen molar-refractivity contribution in [3.63, 3.8) is 0 Å². The summed E-state index contributed by atoms with van der Waals surface area (Å²) >= 11 is 0. The molecular formula is C12H21N3O. The number of hydrogen-bond acceptors (Lipinski definition) is 3. The number of carbonyl (C=O) groups excluding carboxylic acids is 1. The fourth-order valence-electron chi connectivity index (χ4n) is 1.79. The smallest absolute Gasteiger partial charge is 0.224 e. The summed E-state index contributed by atoms with van der Waals surface area (Å²) < 4.78 is 0. The second-order valence-electron chi connectivity index (χ2n) is 5.03. The molecule has 2 N–H and O–H groups in total. The van der Waals surface area contributed by atoms with Crippen molar-refractivity contribution < 1.29 is 4.79 Å². The van der Waals surface area contributed by atoms with E-state index in [1.165, 1.54) is 0 Å². The maximum atomic E-state index is 11.9. The third kappa shape index (κ3) is 4.21. The summed E-state index contributed by atoms with van der Waals surface area (Å²) in [4.78, 5) is 15.9. The molecule has 0 atom stereocenters. The molecule has 1 aliphatic rings. The lowest BCUT2D eigenvalue weighted by molar-refractivity contribution is -0.133. The number of piperazine rings is 1. The average Bonchev–Trinajstić information content (AvgIpc) is 2.16. The van der Waals surface area contributed by atoms with Crippen LogP contribution in [-0.2, 0) is 4.79 Å². The van der Waals surface area contributed by atoms with Gasteiger partial charge in [0.05, 0.1) is 6.54 Å². The van der Waals surface area contributed by atoms with E-state index in [4.69, 9.17) is 12.2 Å².